The van der Waals surface area contributed by atoms with Crippen LogP contribution in [-0.2, 0) is 4.65 Å². The molecule has 1 atom stereocenters. The summed E-state index contributed by atoms with van der Waals surface area (Å²) >= 11 is 11.7. The largest absolute Gasteiger partial charge is 0.412 e. The van der Waals surface area contributed by atoms with Gasteiger partial charge in [0, 0.05) is 10.0 Å². The van der Waals surface area contributed by atoms with E-state index in [1.807, 2.05) is 0 Å². The first-order valence-electron chi connectivity index (χ1n) is 6.18. The van der Waals surface area contributed by atoms with Crippen molar-refractivity contribution >= 4 is 41.0 Å². The average molecular weight is 330 g/mol. The molecule has 0 amide bonds. The van der Waals surface area contributed by atoms with Crippen LogP contribution in [-0.4, -0.2) is 13.1 Å². The van der Waals surface area contributed by atoms with Crippen LogP contribution in [0.2, 0.25) is 10.0 Å². The summed E-state index contributed by atoms with van der Waals surface area (Å²) in [6, 6.07) is 7.95. The summed E-state index contributed by atoms with van der Waals surface area (Å²) in [6.07, 6.45) is -0.640. The average Bonchev–Trinajstić information content (AvgIpc) is 2.33. The Morgan fingerprint density at radius 2 is 1.38 bits per heavy atom. The number of halogens is 4. The lowest BCUT2D eigenvalue weighted by molar-refractivity contribution is 0.240. The summed E-state index contributed by atoms with van der Waals surface area (Å²) in [7, 11) is 0. The van der Waals surface area contributed by atoms with Gasteiger partial charge in [0.05, 0.1) is 6.23 Å². The first-order valence-corrected chi connectivity index (χ1v) is 6.94. The smallest absolute Gasteiger partial charge is 0.363 e. The highest BCUT2D eigenvalue weighted by Crippen LogP contribution is 2.12. The van der Waals surface area contributed by atoms with Crippen molar-refractivity contribution in [2.24, 2.45) is 5.73 Å². The summed E-state index contributed by atoms with van der Waals surface area (Å²) in [5.74, 6) is -1.03. The van der Waals surface area contributed by atoms with Gasteiger partial charge >= 0.3 is 6.92 Å². The minimum Gasteiger partial charge on any atom is -0.412 e. The van der Waals surface area contributed by atoms with E-state index in [4.69, 9.17) is 33.6 Å². The minimum atomic E-state index is -0.772. The second-order valence-corrected chi connectivity index (χ2v) is 5.50. The van der Waals surface area contributed by atoms with Crippen molar-refractivity contribution in [1.29, 1.82) is 0 Å². The molecule has 2 N–H and O–H groups in total. The molecule has 0 saturated carbocycles. The van der Waals surface area contributed by atoms with Crippen molar-refractivity contribution in [3.63, 3.8) is 0 Å². The van der Waals surface area contributed by atoms with Crippen molar-refractivity contribution < 1.29 is 13.4 Å². The van der Waals surface area contributed by atoms with Gasteiger partial charge in [-0.15, -0.1) is 0 Å². The molecular formula is C14H12BCl2F2NO. The fourth-order valence-corrected chi connectivity index (χ4v) is 2.48. The van der Waals surface area contributed by atoms with Gasteiger partial charge in [0.1, 0.15) is 11.6 Å². The van der Waals surface area contributed by atoms with Crippen LogP contribution in [0.1, 0.15) is 6.92 Å². The van der Waals surface area contributed by atoms with Gasteiger partial charge in [0.15, 0.2) is 0 Å². The van der Waals surface area contributed by atoms with Gasteiger partial charge < -0.3 is 10.4 Å². The SMILES string of the molecule is CC(N)OB(c1cc(F)cc(Cl)c1)c1cc(F)cc(Cl)c1. The van der Waals surface area contributed by atoms with Gasteiger partial charge in [0.2, 0.25) is 0 Å². The third-order valence-corrected chi connectivity index (χ3v) is 3.16. The highest BCUT2D eigenvalue weighted by molar-refractivity contribution is 6.80. The van der Waals surface area contributed by atoms with E-state index in [9.17, 15) is 8.78 Å². The molecule has 0 aliphatic carbocycles. The Balaban J connectivity index is 2.51. The Morgan fingerprint density at radius 1 is 0.952 bits per heavy atom. The summed E-state index contributed by atoms with van der Waals surface area (Å²) in [5, 5.41) is 0.427. The standard InChI is InChI=1S/C14H12BCl2F2NO/c1-8(20)21-15(9-2-11(16)6-13(18)4-9)10-3-12(17)7-14(19)5-10/h2-8H,20H2,1H3. The zero-order valence-electron chi connectivity index (χ0n) is 11.1. The van der Waals surface area contributed by atoms with Crippen LogP contribution < -0.4 is 16.7 Å². The molecule has 0 heterocycles. The predicted molar refractivity (Wildman–Crippen MR) is 82.6 cm³/mol. The molecule has 110 valence electrons. The summed E-state index contributed by atoms with van der Waals surface area (Å²) in [6.45, 7) is 0.848. The maximum atomic E-state index is 13.5. The van der Waals surface area contributed by atoms with E-state index in [1.54, 1.807) is 6.92 Å². The van der Waals surface area contributed by atoms with Crippen LogP contribution in [0.5, 0.6) is 0 Å². The van der Waals surface area contributed by atoms with Crippen LogP contribution in [0.4, 0.5) is 8.78 Å². The van der Waals surface area contributed by atoms with Gasteiger partial charge in [-0.2, -0.15) is 0 Å². The normalized spacial score (nSPS) is 12.3. The lowest BCUT2D eigenvalue weighted by Gasteiger charge is -2.18. The van der Waals surface area contributed by atoms with Crippen LogP contribution >= 0.6 is 23.2 Å². The molecule has 21 heavy (non-hydrogen) atoms. The molecular weight excluding hydrogens is 318 g/mol. The molecule has 0 bridgehead atoms. The quantitative estimate of drug-likeness (QED) is 0.691. The maximum Gasteiger partial charge on any atom is 0.363 e. The first kappa shape index (κ1) is 16.2. The number of rotatable bonds is 4. The van der Waals surface area contributed by atoms with Crippen LogP contribution in [0, 0.1) is 11.6 Å². The molecule has 0 spiro atoms. The van der Waals surface area contributed by atoms with Crippen LogP contribution in [0.25, 0.3) is 0 Å². The Kier molecular flexibility index (Phi) is 5.22. The minimum absolute atomic E-state index is 0.214. The van der Waals surface area contributed by atoms with E-state index in [2.05, 4.69) is 0 Å². The molecule has 0 aromatic heterocycles. The van der Waals surface area contributed by atoms with Crippen LogP contribution in [0.3, 0.4) is 0 Å². The third kappa shape index (κ3) is 4.41. The van der Waals surface area contributed by atoms with Crippen molar-refractivity contribution in [2.45, 2.75) is 13.2 Å². The summed E-state index contributed by atoms with van der Waals surface area (Å²) in [4.78, 5) is 0. The van der Waals surface area contributed by atoms with Crippen molar-refractivity contribution in [2.75, 3.05) is 0 Å². The van der Waals surface area contributed by atoms with E-state index >= 15 is 0 Å². The molecule has 0 saturated heterocycles. The second-order valence-electron chi connectivity index (χ2n) is 4.63. The van der Waals surface area contributed by atoms with Crippen LogP contribution in [0.15, 0.2) is 36.4 Å². The highest BCUT2D eigenvalue weighted by Gasteiger charge is 2.25. The van der Waals surface area contributed by atoms with E-state index in [0.29, 0.717) is 10.9 Å². The molecule has 2 rings (SSSR count). The number of hydrogen-bond acceptors (Lipinski definition) is 2. The fourth-order valence-electron chi connectivity index (χ4n) is 2.02. The van der Waals surface area contributed by atoms with Crippen molar-refractivity contribution in [3.8, 4) is 0 Å². The first-order chi connectivity index (χ1) is 9.85. The Hall–Kier alpha value is -1.14. The van der Waals surface area contributed by atoms with Crippen molar-refractivity contribution in [1.82, 2.24) is 0 Å². The van der Waals surface area contributed by atoms with E-state index < -0.39 is 24.8 Å². The molecule has 2 nitrogen and oxygen atoms in total. The van der Waals surface area contributed by atoms with Gasteiger partial charge in [-0.05, 0) is 54.2 Å². The van der Waals surface area contributed by atoms with E-state index in [-0.39, 0.29) is 10.0 Å². The van der Waals surface area contributed by atoms with E-state index in [1.165, 1.54) is 36.4 Å². The summed E-state index contributed by atoms with van der Waals surface area (Å²) in [5.41, 5.74) is 6.50. The number of nitrogens with two attached hydrogens (primary N) is 1. The molecule has 2 aromatic rings. The van der Waals surface area contributed by atoms with E-state index in [0.717, 1.165) is 0 Å². The van der Waals surface area contributed by atoms with Gasteiger partial charge in [-0.25, -0.2) is 8.78 Å². The Morgan fingerprint density at radius 3 is 1.71 bits per heavy atom. The maximum absolute atomic E-state index is 13.5. The zero-order valence-corrected chi connectivity index (χ0v) is 12.6. The highest BCUT2D eigenvalue weighted by atomic mass is 35.5. The Labute approximate surface area is 131 Å². The van der Waals surface area contributed by atoms with Gasteiger partial charge in [0.25, 0.3) is 0 Å². The molecule has 0 fully saturated rings. The number of hydrogen-bond donors (Lipinski definition) is 1. The molecule has 0 aliphatic rings. The van der Waals surface area contributed by atoms with Gasteiger partial charge in [-0.3, -0.25) is 0 Å². The topological polar surface area (TPSA) is 35.2 Å². The molecule has 2 aromatic carbocycles. The van der Waals surface area contributed by atoms with Crippen molar-refractivity contribution in [3.05, 3.63) is 58.1 Å². The Bertz CT molecular complexity index is 563. The fraction of sp³-hybridized carbons (Fsp3) is 0.143. The lowest BCUT2D eigenvalue weighted by Crippen LogP contribution is -2.48. The lowest BCUT2D eigenvalue weighted by atomic mass is 9.55. The third-order valence-electron chi connectivity index (χ3n) is 2.73. The molecule has 0 aliphatic heterocycles. The zero-order chi connectivity index (χ0) is 15.6. The molecule has 7 heteroatoms. The molecule has 0 radical (unpaired) electrons. The monoisotopic (exact) mass is 329 g/mol. The second kappa shape index (κ2) is 6.75. The molecule has 1 unspecified atom stereocenters. The van der Waals surface area contributed by atoms with Gasteiger partial charge in [-0.1, -0.05) is 23.2 Å². The number of benzene rings is 2. The summed E-state index contributed by atoms with van der Waals surface area (Å²) < 4.78 is 32.6. The predicted octanol–water partition coefficient (Wildman–Crippen LogP) is 2.70.